The Hall–Kier alpha value is -2.00. The van der Waals surface area contributed by atoms with Gasteiger partial charge in [-0.3, -0.25) is 0 Å². The zero-order chi connectivity index (χ0) is 19.5. The number of rotatable bonds is 10. The number of hydrogen-bond acceptors (Lipinski definition) is 2. The fraction of sp³-hybridized carbons (Fsp3) is 0.520. The van der Waals surface area contributed by atoms with E-state index in [1.807, 2.05) is 24.3 Å². The molecule has 1 heterocycles. The Labute approximate surface area is 170 Å². The summed E-state index contributed by atoms with van der Waals surface area (Å²) in [7, 11) is 0. The Bertz CT molecular complexity index is 678. The van der Waals surface area contributed by atoms with Gasteiger partial charge in [-0.05, 0) is 44.2 Å². The summed E-state index contributed by atoms with van der Waals surface area (Å²) >= 11 is 0. The van der Waals surface area contributed by atoms with E-state index in [1.165, 1.54) is 44.3 Å². The highest BCUT2D eigenvalue weighted by Crippen LogP contribution is 2.24. The van der Waals surface area contributed by atoms with Crippen LogP contribution in [0.15, 0.2) is 54.6 Å². The highest BCUT2D eigenvalue weighted by atomic mass is 16.5. The molecule has 1 fully saturated rings. The van der Waals surface area contributed by atoms with E-state index < -0.39 is 0 Å². The molecule has 1 saturated heterocycles. The van der Waals surface area contributed by atoms with Gasteiger partial charge in [-0.15, -0.1) is 0 Å². The van der Waals surface area contributed by atoms with Crippen molar-refractivity contribution in [3.8, 4) is 11.5 Å². The van der Waals surface area contributed by atoms with E-state index in [4.69, 9.17) is 9.47 Å². The number of unbranched alkanes of at least 4 members (excludes halogenated alkanes) is 1. The second kappa shape index (κ2) is 11.1. The van der Waals surface area contributed by atoms with E-state index in [0.717, 1.165) is 55.1 Å². The minimum absolute atomic E-state index is 0.755. The highest BCUT2D eigenvalue weighted by Gasteiger charge is 2.29. The summed E-state index contributed by atoms with van der Waals surface area (Å²) in [6.07, 6.45) is 7.63. The fourth-order valence-electron chi connectivity index (χ4n) is 4.14. The molecule has 0 radical (unpaired) electrons. The third-order valence-corrected chi connectivity index (χ3v) is 5.78. The monoisotopic (exact) mass is 382 g/mol. The van der Waals surface area contributed by atoms with Gasteiger partial charge in [0.15, 0.2) is 0 Å². The lowest BCUT2D eigenvalue weighted by molar-refractivity contribution is -0.940. The Kier molecular flexibility index (Phi) is 8.23. The van der Waals surface area contributed by atoms with Gasteiger partial charge in [0, 0.05) is 11.6 Å². The summed E-state index contributed by atoms with van der Waals surface area (Å²) in [6, 6.07) is 19.1. The van der Waals surface area contributed by atoms with Gasteiger partial charge in [-0.25, -0.2) is 0 Å². The van der Waals surface area contributed by atoms with Gasteiger partial charge in [0.1, 0.15) is 31.2 Å². The van der Waals surface area contributed by atoms with Crippen molar-refractivity contribution in [3.63, 3.8) is 0 Å². The summed E-state index contributed by atoms with van der Waals surface area (Å²) in [5.74, 6) is 1.83. The molecular weight excluding hydrogens is 346 g/mol. The first-order valence-electron chi connectivity index (χ1n) is 11.0. The fourth-order valence-corrected chi connectivity index (χ4v) is 4.14. The third-order valence-electron chi connectivity index (χ3n) is 5.78. The lowest BCUT2D eigenvalue weighted by Crippen LogP contribution is -2.50. The van der Waals surface area contributed by atoms with Crippen LogP contribution in [0.5, 0.6) is 11.5 Å². The van der Waals surface area contributed by atoms with Crippen molar-refractivity contribution in [1.82, 2.24) is 0 Å². The summed E-state index contributed by atoms with van der Waals surface area (Å²) in [5, 5.41) is 0. The number of ether oxygens (including phenoxy) is 2. The normalized spacial score (nSPS) is 16.3. The molecule has 28 heavy (non-hydrogen) atoms. The Balaban J connectivity index is 1.58. The van der Waals surface area contributed by atoms with Gasteiger partial charge < -0.3 is 14.0 Å². The van der Waals surface area contributed by atoms with E-state index in [9.17, 15) is 0 Å². The van der Waals surface area contributed by atoms with Crippen molar-refractivity contribution < 1.29 is 14.0 Å². The van der Waals surface area contributed by atoms with Crippen molar-refractivity contribution in [3.05, 3.63) is 60.2 Å². The predicted octanol–water partition coefficient (Wildman–Crippen LogP) is 5.84. The van der Waals surface area contributed by atoms with Crippen molar-refractivity contribution in [2.45, 2.75) is 52.0 Å². The molecule has 2 aromatic carbocycles. The quantitative estimate of drug-likeness (QED) is 0.380. The van der Waals surface area contributed by atoms with Crippen LogP contribution in [0.1, 0.15) is 51.0 Å². The number of hydrogen-bond donors (Lipinski definition) is 0. The smallest absolute Gasteiger partial charge is 0.137 e. The zero-order valence-electron chi connectivity index (χ0n) is 17.4. The molecular formula is C25H36NO2+. The summed E-state index contributed by atoms with van der Waals surface area (Å²) in [6.45, 7) is 8.42. The van der Waals surface area contributed by atoms with Crippen LogP contribution in [0, 0.1) is 0 Å². The highest BCUT2D eigenvalue weighted by molar-refractivity contribution is 5.32. The average molecular weight is 383 g/mol. The number of nitrogens with zero attached hydrogens (tertiary/aromatic N) is 1. The molecule has 152 valence electrons. The van der Waals surface area contributed by atoms with Crippen LogP contribution in [0.4, 0.5) is 0 Å². The summed E-state index contributed by atoms with van der Waals surface area (Å²) < 4.78 is 13.1. The van der Waals surface area contributed by atoms with Crippen molar-refractivity contribution in [2.24, 2.45) is 0 Å². The molecule has 3 rings (SSSR count). The van der Waals surface area contributed by atoms with Crippen molar-refractivity contribution in [1.29, 1.82) is 0 Å². The van der Waals surface area contributed by atoms with Crippen LogP contribution >= 0.6 is 0 Å². The van der Waals surface area contributed by atoms with E-state index in [0.29, 0.717) is 0 Å². The maximum absolute atomic E-state index is 6.16. The molecule has 0 unspecified atom stereocenters. The van der Waals surface area contributed by atoms with E-state index >= 15 is 0 Å². The standard InChI is InChI=1S/C25H36NO2/c1-2-3-19-27-24-14-11-15-25(21-24)28-20-18-26(16-9-4-5-10-17-26)22-23-12-7-6-8-13-23/h6-8,11-15,21H,2-5,9-10,16-20,22H2,1H3/q+1. The van der Waals surface area contributed by atoms with Crippen molar-refractivity contribution >= 4 is 0 Å². The molecule has 1 aliphatic heterocycles. The van der Waals surface area contributed by atoms with Gasteiger partial charge in [0.2, 0.25) is 0 Å². The second-order valence-electron chi connectivity index (χ2n) is 8.10. The summed E-state index contributed by atoms with van der Waals surface area (Å²) in [5.41, 5.74) is 1.44. The number of likely N-dealkylation sites (tertiary alicyclic amines) is 1. The molecule has 0 saturated carbocycles. The van der Waals surface area contributed by atoms with Crippen molar-refractivity contribution in [2.75, 3.05) is 32.8 Å². The van der Waals surface area contributed by atoms with Crippen LogP contribution in [0.3, 0.4) is 0 Å². The molecule has 0 spiro atoms. The first kappa shape index (κ1) is 20.7. The largest absolute Gasteiger partial charge is 0.493 e. The lowest BCUT2D eigenvalue weighted by atomic mass is 10.1. The van der Waals surface area contributed by atoms with Gasteiger partial charge >= 0.3 is 0 Å². The van der Waals surface area contributed by atoms with Crippen LogP contribution < -0.4 is 9.47 Å². The minimum Gasteiger partial charge on any atom is -0.493 e. The molecule has 0 aromatic heterocycles. The number of quaternary nitrogens is 1. The van der Waals surface area contributed by atoms with Crippen LogP contribution in [0.2, 0.25) is 0 Å². The van der Waals surface area contributed by atoms with Gasteiger partial charge in [-0.2, -0.15) is 0 Å². The van der Waals surface area contributed by atoms with Crippen LogP contribution in [-0.4, -0.2) is 37.3 Å². The Morgan fingerprint density at radius 3 is 2.14 bits per heavy atom. The molecule has 0 N–H and O–H groups in total. The maximum atomic E-state index is 6.16. The third kappa shape index (κ3) is 6.56. The maximum Gasteiger partial charge on any atom is 0.137 e. The van der Waals surface area contributed by atoms with Crippen LogP contribution in [-0.2, 0) is 6.54 Å². The molecule has 2 aromatic rings. The lowest BCUT2D eigenvalue weighted by Gasteiger charge is -2.38. The SMILES string of the molecule is CCCCOc1cccc(OCC[N+]2(Cc3ccccc3)CCCCCC2)c1. The molecule has 3 nitrogen and oxygen atoms in total. The Morgan fingerprint density at radius 1 is 0.786 bits per heavy atom. The predicted molar refractivity (Wildman–Crippen MR) is 116 cm³/mol. The topological polar surface area (TPSA) is 18.5 Å². The molecule has 3 heteroatoms. The van der Waals surface area contributed by atoms with E-state index in [2.05, 4.69) is 37.3 Å². The van der Waals surface area contributed by atoms with Gasteiger partial charge in [-0.1, -0.05) is 49.7 Å². The van der Waals surface area contributed by atoms with Gasteiger partial charge in [0.25, 0.3) is 0 Å². The average Bonchev–Trinajstić information content (AvgIpc) is 2.95. The first-order valence-corrected chi connectivity index (χ1v) is 11.0. The minimum atomic E-state index is 0.755. The first-order chi connectivity index (χ1) is 13.8. The summed E-state index contributed by atoms with van der Waals surface area (Å²) in [4.78, 5) is 0. The molecule has 0 bridgehead atoms. The van der Waals surface area contributed by atoms with E-state index in [-0.39, 0.29) is 0 Å². The molecule has 1 aliphatic rings. The molecule has 0 amide bonds. The second-order valence-corrected chi connectivity index (χ2v) is 8.10. The Morgan fingerprint density at radius 2 is 1.46 bits per heavy atom. The van der Waals surface area contributed by atoms with Gasteiger partial charge in [0.05, 0.1) is 19.7 Å². The number of benzene rings is 2. The molecule has 0 atom stereocenters. The van der Waals surface area contributed by atoms with E-state index in [1.54, 1.807) is 0 Å². The molecule has 0 aliphatic carbocycles. The van der Waals surface area contributed by atoms with Crippen LogP contribution in [0.25, 0.3) is 0 Å². The zero-order valence-corrected chi connectivity index (χ0v) is 17.4.